The van der Waals surface area contributed by atoms with Crippen molar-refractivity contribution >= 4 is 49.5 Å². The number of carbonyl (C=O) groups is 2. The fourth-order valence-corrected chi connectivity index (χ4v) is 12.8. The third-order valence-corrected chi connectivity index (χ3v) is 14.5. The van der Waals surface area contributed by atoms with Crippen LogP contribution in [0.15, 0.2) is 133 Å². The van der Waals surface area contributed by atoms with Crippen molar-refractivity contribution in [3.63, 3.8) is 0 Å². The van der Waals surface area contributed by atoms with Gasteiger partial charge in [0.1, 0.15) is 24.9 Å². The van der Waals surface area contributed by atoms with Gasteiger partial charge in [0.25, 0.3) is 0 Å². The highest BCUT2D eigenvalue weighted by molar-refractivity contribution is 7.69. The van der Waals surface area contributed by atoms with Gasteiger partial charge in [-0.3, -0.25) is 0 Å². The fraction of sp³-hybridized carbons (Fsp3) is 0.283. The Hall–Kier alpha value is -5.04. The number of benzene rings is 6. The number of carbonyl (C=O) groups excluding carboxylic acids is 2. The maximum absolute atomic E-state index is 14.2. The van der Waals surface area contributed by atoms with Crippen molar-refractivity contribution in [3.8, 4) is 0 Å². The summed E-state index contributed by atoms with van der Waals surface area (Å²) in [5, 5.41) is 3.95. The highest BCUT2D eigenvalue weighted by Crippen LogP contribution is 2.47. The molecule has 0 amide bonds. The number of methoxy groups -OCH3 is 1. The predicted molar refractivity (Wildman–Crippen MR) is 254 cm³/mol. The minimum absolute atomic E-state index is 0.203. The van der Waals surface area contributed by atoms with Gasteiger partial charge in [-0.05, 0) is 128 Å². The number of hydrogen-bond acceptors (Lipinski definition) is 8. The minimum atomic E-state index is -1.61. The standard InChI is InChI=1S/C53H56O8P2/c1-33-20-34(2)25-43(24-33)62(44-26-35(3)21-36(4)27-44)60-48-47(32-57-51(54)41-16-12-10-13-17-41)58-53(56-9)50(59-52(55)42-18-14-11-15-19-42)49(48)61-63(45-28-37(5)22-38(6)29-45)46-30-39(7)23-40(8)31-46/h10-31,47-50,53H,32H2,1-9H3/t47-,48-,49+,50-,53?/m1/s1. The van der Waals surface area contributed by atoms with Gasteiger partial charge in [-0.1, -0.05) is 105 Å². The molecule has 1 saturated heterocycles. The lowest BCUT2D eigenvalue weighted by Crippen LogP contribution is -2.62. The van der Waals surface area contributed by atoms with Gasteiger partial charge in [-0.15, -0.1) is 0 Å². The Morgan fingerprint density at radius 2 is 0.825 bits per heavy atom. The van der Waals surface area contributed by atoms with Crippen LogP contribution in [-0.2, 0) is 28.0 Å². The van der Waals surface area contributed by atoms with Crippen molar-refractivity contribution in [2.45, 2.75) is 86.1 Å². The summed E-state index contributed by atoms with van der Waals surface area (Å²) >= 11 is 0. The molecular formula is C53H56O8P2. The van der Waals surface area contributed by atoms with Crippen molar-refractivity contribution in [2.24, 2.45) is 0 Å². The molecule has 8 nitrogen and oxygen atoms in total. The molecule has 63 heavy (non-hydrogen) atoms. The number of hydrogen-bond donors (Lipinski definition) is 0. The van der Waals surface area contributed by atoms with E-state index in [-0.39, 0.29) is 6.61 Å². The van der Waals surface area contributed by atoms with Gasteiger partial charge in [0.05, 0.1) is 27.4 Å². The van der Waals surface area contributed by atoms with Gasteiger partial charge in [-0.2, -0.15) is 0 Å². The van der Waals surface area contributed by atoms with Crippen LogP contribution < -0.4 is 21.2 Å². The summed E-state index contributed by atoms with van der Waals surface area (Å²) in [7, 11) is -1.69. The molecular weight excluding hydrogens is 827 g/mol. The Balaban J connectivity index is 1.43. The zero-order valence-electron chi connectivity index (χ0n) is 37.5. The van der Waals surface area contributed by atoms with Crippen LogP contribution in [0.5, 0.6) is 0 Å². The zero-order valence-corrected chi connectivity index (χ0v) is 39.2. The molecule has 326 valence electrons. The van der Waals surface area contributed by atoms with Gasteiger partial charge < -0.3 is 28.0 Å². The van der Waals surface area contributed by atoms with Gasteiger partial charge in [0.15, 0.2) is 12.4 Å². The predicted octanol–water partition coefficient (Wildman–Crippen LogP) is 9.77. The van der Waals surface area contributed by atoms with Crippen LogP contribution >= 0.6 is 16.3 Å². The average Bonchev–Trinajstić information content (AvgIpc) is 3.23. The molecule has 5 atom stereocenters. The van der Waals surface area contributed by atoms with E-state index in [1.807, 2.05) is 12.1 Å². The minimum Gasteiger partial charge on any atom is -0.459 e. The molecule has 7 rings (SSSR count). The largest absolute Gasteiger partial charge is 0.459 e. The molecule has 0 N–H and O–H groups in total. The lowest BCUT2D eigenvalue weighted by atomic mass is 9.99. The topological polar surface area (TPSA) is 89.5 Å². The third-order valence-electron chi connectivity index (χ3n) is 10.7. The van der Waals surface area contributed by atoms with E-state index in [9.17, 15) is 9.59 Å². The summed E-state index contributed by atoms with van der Waals surface area (Å²) in [6.07, 6.45) is -5.18. The van der Waals surface area contributed by atoms with Crippen molar-refractivity contribution < 1.29 is 37.6 Å². The van der Waals surface area contributed by atoms with E-state index in [2.05, 4.69) is 128 Å². The van der Waals surface area contributed by atoms with Crippen LogP contribution in [0.3, 0.4) is 0 Å². The third kappa shape index (κ3) is 11.6. The lowest BCUT2D eigenvalue weighted by Gasteiger charge is -2.46. The van der Waals surface area contributed by atoms with Crippen LogP contribution in [0, 0.1) is 55.4 Å². The lowest BCUT2D eigenvalue weighted by molar-refractivity contribution is -0.283. The molecule has 1 heterocycles. The van der Waals surface area contributed by atoms with Gasteiger partial charge >= 0.3 is 11.9 Å². The molecule has 1 fully saturated rings. The van der Waals surface area contributed by atoms with Crippen LogP contribution in [0.1, 0.15) is 65.2 Å². The first-order valence-corrected chi connectivity index (χ1v) is 23.7. The summed E-state index contributed by atoms with van der Waals surface area (Å²) in [6.45, 7) is 16.4. The Morgan fingerprint density at radius 3 is 1.19 bits per heavy atom. The smallest absolute Gasteiger partial charge is 0.338 e. The Kier molecular flexibility index (Phi) is 15.1. The molecule has 1 aliphatic rings. The van der Waals surface area contributed by atoms with E-state index in [1.165, 1.54) is 7.11 Å². The molecule has 6 aromatic carbocycles. The summed E-state index contributed by atoms with van der Waals surface area (Å²) in [5.41, 5.74) is 9.48. The summed E-state index contributed by atoms with van der Waals surface area (Å²) in [6, 6.07) is 43.5. The SMILES string of the molecule is COC1O[C@H](COC(=O)c2ccccc2)[C@@H](OP(c2cc(C)cc(C)c2)c2cc(C)cc(C)c2)[C@H](OP(c2cc(C)cc(C)c2)c2cc(C)cc(C)c2)[C@H]1OC(=O)c1ccccc1. The maximum Gasteiger partial charge on any atom is 0.338 e. The molecule has 1 aliphatic heterocycles. The molecule has 0 radical (unpaired) electrons. The normalized spacial score (nSPS) is 18.7. The molecule has 0 aliphatic carbocycles. The molecule has 10 heteroatoms. The first kappa shape index (κ1) is 46.0. The molecule has 0 bridgehead atoms. The van der Waals surface area contributed by atoms with E-state index >= 15 is 0 Å². The number of rotatable bonds is 14. The molecule has 0 spiro atoms. The summed E-state index contributed by atoms with van der Waals surface area (Å²) in [4.78, 5) is 27.9. The Morgan fingerprint density at radius 1 is 0.476 bits per heavy atom. The van der Waals surface area contributed by atoms with E-state index in [4.69, 9.17) is 28.0 Å². The van der Waals surface area contributed by atoms with Crippen molar-refractivity contribution in [2.75, 3.05) is 13.7 Å². The zero-order chi connectivity index (χ0) is 44.8. The summed E-state index contributed by atoms with van der Waals surface area (Å²) in [5.74, 6) is -1.08. The molecule has 0 aromatic heterocycles. The van der Waals surface area contributed by atoms with E-state index in [0.29, 0.717) is 11.1 Å². The molecule has 6 aromatic rings. The highest BCUT2D eigenvalue weighted by Gasteiger charge is 2.53. The van der Waals surface area contributed by atoms with Crippen molar-refractivity contribution in [1.29, 1.82) is 0 Å². The van der Waals surface area contributed by atoms with Crippen molar-refractivity contribution in [3.05, 3.63) is 189 Å². The van der Waals surface area contributed by atoms with Gasteiger partial charge in [0, 0.05) is 28.3 Å². The van der Waals surface area contributed by atoms with Gasteiger partial charge in [-0.25, -0.2) is 9.59 Å². The van der Waals surface area contributed by atoms with E-state index in [0.717, 1.165) is 65.7 Å². The highest BCUT2D eigenvalue weighted by atomic mass is 31.1. The number of aryl methyl sites for hydroxylation is 8. The maximum atomic E-state index is 14.2. The fourth-order valence-electron chi connectivity index (χ4n) is 8.21. The first-order valence-electron chi connectivity index (χ1n) is 21.2. The summed E-state index contributed by atoms with van der Waals surface area (Å²) < 4.78 is 40.7. The first-order chi connectivity index (χ1) is 30.2. The Bertz CT molecular complexity index is 2360. The van der Waals surface area contributed by atoms with Crippen LogP contribution in [0.2, 0.25) is 0 Å². The van der Waals surface area contributed by atoms with Gasteiger partial charge in [0.2, 0.25) is 0 Å². The van der Waals surface area contributed by atoms with Crippen LogP contribution in [0.4, 0.5) is 0 Å². The second kappa shape index (κ2) is 20.6. The number of esters is 2. The second-order valence-corrected chi connectivity index (χ2v) is 20.3. The Labute approximate surface area is 374 Å². The van der Waals surface area contributed by atoms with E-state index < -0.39 is 58.9 Å². The van der Waals surface area contributed by atoms with E-state index in [1.54, 1.807) is 48.5 Å². The van der Waals surface area contributed by atoms with Crippen molar-refractivity contribution in [1.82, 2.24) is 0 Å². The average molecular weight is 883 g/mol. The van der Waals surface area contributed by atoms with Crippen LogP contribution in [0.25, 0.3) is 0 Å². The monoisotopic (exact) mass is 882 g/mol. The molecule has 0 saturated carbocycles. The second-order valence-electron chi connectivity index (χ2n) is 16.6. The quantitative estimate of drug-likeness (QED) is 0.0790. The molecule has 1 unspecified atom stereocenters. The van der Waals surface area contributed by atoms with Crippen LogP contribution in [-0.4, -0.2) is 56.4 Å². The number of ether oxygens (including phenoxy) is 4.